The van der Waals surface area contributed by atoms with Crippen LogP contribution in [-0.4, -0.2) is 75.6 Å². The molecular weight excluding hydrogens is 102 g/mol. The zero-order valence-electron chi connectivity index (χ0n) is 2.18. The molecule has 2 N–H and O–H groups in total. The second-order valence-electron chi connectivity index (χ2n) is 0.481. The van der Waals surface area contributed by atoms with E-state index in [1.807, 2.05) is 0 Å². The molecule has 0 atom stereocenters. The van der Waals surface area contributed by atoms with Crippen LogP contribution in [0.2, 0.25) is 0 Å². The van der Waals surface area contributed by atoms with Gasteiger partial charge in [-0.15, -0.1) is 0 Å². The third kappa shape index (κ3) is 38.9. The summed E-state index contributed by atoms with van der Waals surface area (Å²) in [5, 5.41) is 15.0. The van der Waals surface area contributed by atoms with Crippen molar-refractivity contribution in [2.45, 2.75) is 6.29 Å². The SMILES string of the molecule is [CH2]C(O)O.[NaH].[NaH]. The van der Waals surface area contributed by atoms with Crippen molar-refractivity contribution in [1.29, 1.82) is 0 Å². The van der Waals surface area contributed by atoms with Crippen molar-refractivity contribution >= 4 is 59.1 Å². The van der Waals surface area contributed by atoms with Gasteiger partial charge in [0, 0.05) is 6.92 Å². The molecule has 0 bridgehead atoms. The van der Waals surface area contributed by atoms with Crippen LogP contribution in [0.5, 0.6) is 0 Å². The summed E-state index contributed by atoms with van der Waals surface area (Å²) < 4.78 is 0. The van der Waals surface area contributed by atoms with E-state index in [4.69, 9.17) is 10.2 Å². The number of hydrogen-bond donors (Lipinski definition) is 2. The Kier molecular flexibility index (Phi) is 26.2. The van der Waals surface area contributed by atoms with Gasteiger partial charge in [0.1, 0.15) is 0 Å². The Labute approximate surface area is 81.5 Å². The molecule has 0 aliphatic heterocycles. The summed E-state index contributed by atoms with van der Waals surface area (Å²) in [4.78, 5) is 0. The van der Waals surface area contributed by atoms with Gasteiger partial charge < -0.3 is 10.2 Å². The average molecular weight is 109 g/mol. The average Bonchev–Trinajstić information content (AvgIpc) is 0.811. The van der Waals surface area contributed by atoms with Crippen molar-refractivity contribution in [3.05, 3.63) is 6.92 Å². The van der Waals surface area contributed by atoms with E-state index < -0.39 is 6.29 Å². The standard InChI is InChI=1S/C2H5O2.2Na.2H/c1-2(3)4;;;;/h2-4H,1H2;;;;. The van der Waals surface area contributed by atoms with Gasteiger partial charge in [0.15, 0.2) is 6.29 Å². The van der Waals surface area contributed by atoms with Gasteiger partial charge in [0.25, 0.3) is 0 Å². The molecule has 0 heterocycles. The van der Waals surface area contributed by atoms with E-state index in [-0.39, 0.29) is 59.1 Å². The van der Waals surface area contributed by atoms with Gasteiger partial charge in [0.2, 0.25) is 0 Å². The molecule has 0 aromatic rings. The monoisotopic (exact) mass is 109 g/mol. The van der Waals surface area contributed by atoms with E-state index in [2.05, 4.69) is 6.92 Å². The van der Waals surface area contributed by atoms with E-state index in [0.29, 0.717) is 0 Å². The first-order valence-electron chi connectivity index (χ1n) is 0.925. The van der Waals surface area contributed by atoms with Crippen LogP contribution in [0.4, 0.5) is 0 Å². The van der Waals surface area contributed by atoms with Crippen LogP contribution in [-0.2, 0) is 0 Å². The van der Waals surface area contributed by atoms with Gasteiger partial charge in [-0.05, 0) is 0 Å². The number of hydrogen-bond acceptors (Lipinski definition) is 2. The molecule has 0 fully saturated rings. The molecule has 0 unspecified atom stereocenters. The summed E-state index contributed by atoms with van der Waals surface area (Å²) in [7, 11) is 0. The summed E-state index contributed by atoms with van der Waals surface area (Å²) in [5.74, 6) is 0. The van der Waals surface area contributed by atoms with Gasteiger partial charge in [-0.1, -0.05) is 0 Å². The first-order chi connectivity index (χ1) is 1.73. The molecule has 0 aliphatic carbocycles. The van der Waals surface area contributed by atoms with Crippen LogP contribution in [0.1, 0.15) is 0 Å². The van der Waals surface area contributed by atoms with Crippen molar-refractivity contribution < 1.29 is 10.2 Å². The Balaban J connectivity index is -0.0000000450. The number of aliphatic hydroxyl groups excluding tert-OH is 1. The predicted octanol–water partition coefficient (Wildman–Crippen LogP) is -2.17. The van der Waals surface area contributed by atoms with Gasteiger partial charge in [0.05, 0.1) is 0 Å². The van der Waals surface area contributed by atoms with Crippen LogP contribution in [0.15, 0.2) is 0 Å². The van der Waals surface area contributed by atoms with Crippen LogP contribution >= 0.6 is 0 Å². The molecule has 0 aliphatic rings. The summed E-state index contributed by atoms with van der Waals surface area (Å²) in [6.45, 7) is 2.75. The first kappa shape index (κ1) is 15.7. The maximum atomic E-state index is 7.50. The molecule has 0 aromatic carbocycles. The van der Waals surface area contributed by atoms with Crippen LogP contribution in [0.3, 0.4) is 0 Å². The fourth-order valence-electron chi connectivity index (χ4n) is 0. The van der Waals surface area contributed by atoms with Gasteiger partial charge in [-0.25, -0.2) is 0 Å². The van der Waals surface area contributed by atoms with E-state index in [1.54, 1.807) is 0 Å². The topological polar surface area (TPSA) is 40.5 Å². The van der Waals surface area contributed by atoms with Crippen molar-refractivity contribution in [2.24, 2.45) is 0 Å². The molecule has 0 amide bonds. The second kappa shape index (κ2) is 10.0. The van der Waals surface area contributed by atoms with Crippen molar-refractivity contribution in [1.82, 2.24) is 0 Å². The predicted molar refractivity (Wildman–Crippen MR) is 27.9 cm³/mol. The maximum absolute atomic E-state index is 7.50. The molecule has 2 nitrogen and oxygen atoms in total. The van der Waals surface area contributed by atoms with Crippen LogP contribution < -0.4 is 0 Å². The number of aliphatic hydroxyl groups is 2. The Morgan fingerprint density at radius 2 is 1.17 bits per heavy atom. The molecule has 1 radical (unpaired) electrons. The second-order valence-corrected chi connectivity index (χ2v) is 0.481. The Morgan fingerprint density at radius 3 is 1.17 bits per heavy atom. The molecule has 0 saturated heterocycles. The number of rotatable bonds is 0. The third-order valence-corrected chi connectivity index (χ3v) is 0. The van der Waals surface area contributed by atoms with Crippen molar-refractivity contribution in [2.75, 3.05) is 0 Å². The summed E-state index contributed by atoms with van der Waals surface area (Å²) >= 11 is 0. The summed E-state index contributed by atoms with van der Waals surface area (Å²) in [6, 6.07) is 0. The zero-order valence-corrected chi connectivity index (χ0v) is 2.18. The molecule has 4 heteroatoms. The Hall–Kier alpha value is 1.92. The van der Waals surface area contributed by atoms with Crippen molar-refractivity contribution in [3.63, 3.8) is 0 Å². The molecule has 0 spiro atoms. The zero-order chi connectivity index (χ0) is 3.58. The van der Waals surface area contributed by atoms with E-state index in [1.165, 1.54) is 0 Å². The van der Waals surface area contributed by atoms with Crippen molar-refractivity contribution in [3.8, 4) is 0 Å². The Bertz CT molecular complexity index is 14.3. The van der Waals surface area contributed by atoms with Crippen LogP contribution in [0, 0.1) is 6.92 Å². The normalized spacial score (nSPS) is 6.00. The third-order valence-electron chi connectivity index (χ3n) is 0. The fraction of sp³-hybridized carbons (Fsp3) is 0.500. The molecule has 6 heavy (non-hydrogen) atoms. The molecule has 29 valence electrons. The van der Waals surface area contributed by atoms with Gasteiger partial charge in [-0.3, -0.25) is 0 Å². The van der Waals surface area contributed by atoms with E-state index >= 15 is 0 Å². The summed E-state index contributed by atoms with van der Waals surface area (Å²) in [5.41, 5.74) is 0. The minimum absolute atomic E-state index is 0. The van der Waals surface area contributed by atoms with E-state index in [9.17, 15) is 0 Å². The summed E-state index contributed by atoms with van der Waals surface area (Å²) in [6.07, 6.45) is -1.42. The van der Waals surface area contributed by atoms with Gasteiger partial charge >= 0.3 is 59.1 Å². The minimum atomic E-state index is -1.42. The van der Waals surface area contributed by atoms with E-state index in [0.717, 1.165) is 0 Å². The first-order valence-corrected chi connectivity index (χ1v) is 0.925. The van der Waals surface area contributed by atoms with Crippen LogP contribution in [0.25, 0.3) is 0 Å². The molecular formula is C2H7Na2O2. The molecule has 0 aromatic heterocycles. The quantitative estimate of drug-likeness (QED) is 0.274. The van der Waals surface area contributed by atoms with Gasteiger partial charge in [-0.2, -0.15) is 0 Å². The fourth-order valence-corrected chi connectivity index (χ4v) is 0. The molecule has 0 saturated carbocycles. The Morgan fingerprint density at radius 1 is 1.17 bits per heavy atom. The molecule has 0 rings (SSSR count).